The molecule has 0 atom stereocenters. The van der Waals surface area contributed by atoms with Crippen LogP contribution in [0.15, 0.2) is 85.1 Å². The van der Waals surface area contributed by atoms with Crippen molar-refractivity contribution in [3.63, 3.8) is 0 Å². The number of rotatable bonds is 14. The zero-order chi connectivity index (χ0) is 26.6. The van der Waals surface area contributed by atoms with E-state index in [1.807, 2.05) is 72.9 Å². The molecule has 38 heavy (non-hydrogen) atoms. The van der Waals surface area contributed by atoms with Gasteiger partial charge in [-0.25, -0.2) is 4.79 Å². The molecule has 0 amide bonds. The zero-order valence-corrected chi connectivity index (χ0v) is 22.1. The van der Waals surface area contributed by atoms with Crippen molar-refractivity contribution in [1.82, 2.24) is 4.98 Å². The Bertz CT molecular complexity index is 1260. The van der Waals surface area contributed by atoms with E-state index in [0.29, 0.717) is 11.3 Å². The van der Waals surface area contributed by atoms with E-state index in [2.05, 4.69) is 24.0 Å². The largest absolute Gasteiger partial charge is 0.494 e. The van der Waals surface area contributed by atoms with E-state index in [0.717, 1.165) is 46.6 Å². The third-order valence-corrected chi connectivity index (χ3v) is 6.62. The third kappa shape index (κ3) is 7.14. The smallest absolute Gasteiger partial charge is 0.341 e. The van der Waals surface area contributed by atoms with E-state index < -0.39 is 5.97 Å². The Hall–Kier alpha value is -3.83. The number of carbonyl (C=O) groups is 1. The molecule has 2 N–H and O–H groups in total. The molecule has 0 unspecified atom stereocenters. The number of carbonyl (C=O) groups excluding carboxylic acids is 1. The lowest BCUT2D eigenvalue weighted by Gasteiger charge is -2.10. The molecule has 0 saturated carbocycles. The molecule has 5 heteroatoms. The van der Waals surface area contributed by atoms with E-state index in [9.17, 15) is 4.79 Å². The Morgan fingerprint density at radius 3 is 2.05 bits per heavy atom. The monoisotopic (exact) mass is 511 g/mol. The van der Waals surface area contributed by atoms with Crippen molar-refractivity contribution < 1.29 is 19.4 Å². The van der Waals surface area contributed by atoms with Crippen molar-refractivity contribution in [2.24, 2.45) is 0 Å². The number of hydrogen-bond acceptors (Lipinski definition) is 4. The predicted octanol–water partition coefficient (Wildman–Crippen LogP) is 7.90. The second-order valence-electron chi connectivity index (χ2n) is 9.40. The van der Waals surface area contributed by atoms with E-state index in [1.54, 1.807) is 0 Å². The minimum Gasteiger partial charge on any atom is -0.494 e. The van der Waals surface area contributed by atoms with Gasteiger partial charge in [-0.15, -0.1) is 0 Å². The molecule has 5 nitrogen and oxygen atoms in total. The highest BCUT2D eigenvalue weighted by molar-refractivity contribution is 6.03. The van der Waals surface area contributed by atoms with Gasteiger partial charge in [0.15, 0.2) is 0 Å². The molecule has 0 radical (unpaired) electrons. The number of ether oxygens (including phenoxy) is 2. The fourth-order valence-corrected chi connectivity index (χ4v) is 4.56. The molecular formula is C33H37NO4. The van der Waals surface area contributed by atoms with Crippen LogP contribution >= 0.6 is 0 Å². The number of aliphatic hydroxyl groups is 1. The van der Waals surface area contributed by atoms with Gasteiger partial charge >= 0.3 is 5.97 Å². The van der Waals surface area contributed by atoms with Crippen LogP contribution in [0.3, 0.4) is 0 Å². The van der Waals surface area contributed by atoms with Crippen LogP contribution in [0.1, 0.15) is 55.8 Å². The molecule has 4 aromatic rings. The quantitative estimate of drug-likeness (QED) is 0.133. The lowest BCUT2D eigenvalue weighted by molar-refractivity contribution is 0.0435. The second kappa shape index (κ2) is 14.2. The molecule has 0 aliphatic carbocycles. The average molecular weight is 512 g/mol. The summed E-state index contributed by atoms with van der Waals surface area (Å²) in [7, 11) is 0. The van der Waals surface area contributed by atoms with Crippen LogP contribution in [0.5, 0.6) is 5.75 Å². The Kier molecular flexibility index (Phi) is 10.2. The highest BCUT2D eigenvalue weighted by Gasteiger charge is 2.22. The first-order valence-corrected chi connectivity index (χ1v) is 13.6. The van der Waals surface area contributed by atoms with Crippen molar-refractivity contribution in [1.29, 1.82) is 0 Å². The molecule has 3 aromatic carbocycles. The molecule has 198 valence electrons. The number of nitrogens with one attached hydrogen (secondary N) is 1. The van der Waals surface area contributed by atoms with Gasteiger partial charge in [0.2, 0.25) is 0 Å². The summed E-state index contributed by atoms with van der Waals surface area (Å²) in [5.74, 6) is 0.430. The summed E-state index contributed by atoms with van der Waals surface area (Å²) in [5, 5.41) is 9.14. The Morgan fingerprint density at radius 1 is 0.737 bits per heavy atom. The summed E-state index contributed by atoms with van der Waals surface area (Å²) in [6, 6.07) is 26.0. The number of aromatic amines is 1. The SMILES string of the molecule is CCCCCCCCOc1ccc(-c2ccc(-c3[nH]cc(-c4ccccc4)c3C(=O)OCCO)cc2)cc1. The number of unbranched alkanes of at least 4 members (excludes halogenated alkanes) is 5. The van der Waals surface area contributed by atoms with Gasteiger partial charge in [-0.3, -0.25) is 0 Å². The summed E-state index contributed by atoms with van der Waals surface area (Å²) in [6.07, 6.45) is 9.34. The topological polar surface area (TPSA) is 71.6 Å². The number of hydrogen-bond donors (Lipinski definition) is 2. The maximum atomic E-state index is 13.0. The number of aromatic nitrogens is 1. The van der Waals surface area contributed by atoms with Gasteiger partial charge in [-0.1, -0.05) is 106 Å². The van der Waals surface area contributed by atoms with Crippen LogP contribution in [0, 0.1) is 0 Å². The number of esters is 1. The first-order valence-electron chi connectivity index (χ1n) is 13.6. The zero-order valence-electron chi connectivity index (χ0n) is 22.1. The Morgan fingerprint density at radius 2 is 1.37 bits per heavy atom. The summed E-state index contributed by atoms with van der Waals surface area (Å²) < 4.78 is 11.2. The number of aliphatic hydroxyl groups excluding tert-OH is 1. The first kappa shape index (κ1) is 27.2. The standard InChI is InChI=1S/C33H37NO4/c1-2-3-4-5-6-10-22-37-29-19-17-26(18-20-29)25-13-15-28(16-14-25)32-31(33(36)38-23-21-35)30(24-34-32)27-11-8-7-9-12-27/h7-9,11-20,24,34-35H,2-6,10,21-23H2,1H3. The lowest BCUT2D eigenvalue weighted by atomic mass is 9.98. The van der Waals surface area contributed by atoms with Crippen molar-refractivity contribution in [3.8, 4) is 39.3 Å². The summed E-state index contributed by atoms with van der Waals surface area (Å²) >= 11 is 0. The fourth-order valence-electron chi connectivity index (χ4n) is 4.56. The Balaban J connectivity index is 1.45. The minimum absolute atomic E-state index is 0.0463. The van der Waals surface area contributed by atoms with Gasteiger partial charge in [-0.05, 0) is 40.8 Å². The van der Waals surface area contributed by atoms with Crippen LogP contribution < -0.4 is 4.74 Å². The van der Waals surface area contributed by atoms with E-state index in [4.69, 9.17) is 14.6 Å². The van der Waals surface area contributed by atoms with Crippen molar-refractivity contribution >= 4 is 5.97 Å². The number of H-pyrrole nitrogens is 1. The summed E-state index contributed by atoms with van der Waals surface area (Å²) in [5.41, 5.74) is 5.90. The molecule has 0 aliphatic heterocycles. The van der Waals surface area contributed by atoms with E-state index >= 15 is 0 Å². The van der Waals surface area contributed by atoms with Crippen LogP contribution in [0.2, 0.25) is 0 Å². The van der Waals surface area contributed by atoms with Gasteiger partial charge in [0.25, 0.3) is 0 Å². The maximum absolute atomic E-state index is 13.0. The van der Waals surface area contributed by atoms with Gasteiger partial charge < -0.3 is 19.6 Å². The summed E-state index contributed by atoms with van der Waals surface area (Å²) in [4.78, 5) is 16.2. The molecular weight excluding hydrogens is 474 g/mol. The first-order chi connectivity index (χ1) is 18.7. The van der Waals surface area contributed by atoms with Gasteiger partial charge in [0.05, 0.1) is 24.5 Å². The van der Waals surface area contributed by atoms with Crippen molar-refractivity contribution in [3.05, 3.63) is 90.6 Å². The highest BCUT2D eigenvalue weighted by atomic mass is 16.5. The predicted molar refractivity (Wildman–Crippen MR) is 153 cm³/mol. The maximum Gasteiger partial charge on any atom is 0.341 e. The van der Waals surface area contributed by atoms with Gasteiger partial charge in [-0.2, -0.15) is 0 Å². The minimum atomic E-state index is -0.463. The van der Waals surface area contributed by atoms with Crippen molar-refractivity contribution in [2.45, 2.75) is 45.4 Å². The lowest BCUT2D eigenvalue weighted by Crippen LogP contribution is -2.10. The second-order valence-corrected chi connectivity index (χ2v) is 9.40. The van der Waals surface area contributed by atoms with E-state index in [1.165, 1.54) is 32.1 Å². The van der Waals surface area contributed by atoms with Crippen LogP contribution in [0.25, 0.3) is 33.5 Å². The molecule has 0 spiro atoms. The van der Waals surface area contributed by atoms with Crippen LogP contribution in [-0.2, 0) is 4.74 Å². The third-order valence-electron chi connectivity index (χ3n) is 6.62. The molecule has 1 heterocycles. The molecule has 0 fully saturated rings. The van der Waals surface area contributed by atoms with Gasteiger partial charge in [0.1, 0.15) is 12.4 Å². The Labute approximate surface area is 225 Å². The molecule has 0 aliphatic rings. The molecule has 1 aromatic heterocycles. The highest BCUT2D eigenvalue weighted by Crippen LogP contribution is 2.34. The van der Waals surface area contributed by atoms with Crippen LogP contribution in [0.4, 0.5) is 0 Å². The van der Waals surface area contributed by atoms with Crippen LogP contribution in [-0.4, -0.2) is 35.9 Å². The molecule has 0 bridgehead atoms. The fraction of sp³-hybridized carbons (Fsp3) is 0.303. The van der Waals surface area contributed by atoms with E-state index in [-0.39, 0.29) is 13.2 Å². The van der Waals surface area contributed by atoms with Crippen molar-refractivity contribution in [2.75, 3.05) is 19.8 Å². The molecule has 0 saturated heterocycles. The summed E-state index contributed by atoms with van der Waals surface area (Å²) in [6.45, 7) is 2.73. The van der Waals surface area contributed by atoms with Gasteiger partial charge in [0, 0.05) is 11.8 Å². The average Bonchev–Trinajstić information content (AvgIpc) is 3.42. The molecule has 4 rings (SSSR count). The normalized spacial score (nSPS) is 10.9. The number of benzene rings is 3.